The average molecular weight is 197 g/mol. The van der Waals surface area contributed by atoms with Crippen LogP contribution in [-0.4, -0.2) is 11.8 Å². The van der Waals surface area contributed by atoms with Crippen LogP contribution in [0.5, 0.6) is 0 Å². The van der Waals surface area contributed by atoms with Gasteiger partial charge in [0.1, 0.15) is 5.78 Å². The summed E-state index contributed by atoms with van der Waals surface area (Å²) in [5, 5.41) is 0. The Morgan fingerprint density at radius 1 is 1.64 bits per heavy atom. The zero-order chi connectivity index (χ0) is 8.15. The smallest absolute Gasteiger partial charge is 0.147 e. The Bertz CT molecular complexity index is 122. The molecule has 11 heavy (non-hydrogen) atoms. The van der Waals surface area contributed by atoms with Gasteiger partial charge in [0.2, 0.25) is 0 Å². The van der Waals surface area contributed by atoms with Crippen LogP contribution in [0.4, 0.5) is 0 Å². The van der Waals surface area contributed by atoms with Crippen LogP contribution in [0, 0.1) is 5.92 Å². The predicted molar refractivity (Wildman–Crippen MR) is 58.5 cm³/mol. The third-order valence-corrected chi connectivity index (χ3v) is 1.67. The van der Waals surface area contributed by atoms with E-state index >= 15 is 0 Å². The van der Waals surface area contributed by atoms with Crippen molar-refractivity contribution < 1.29 is 6.22 Å². The van der Waals surface area contributed by atoms with Crippen LogP contribution in [-0.2, 0) is 4.79 Å². The van der Waals surface area contributed by atoms with E-state index in [9.17, 15) is 4.79 Å². The summed E-state index contributed by atoms with van der Waals surface area (Å²) in [6.07, 6.45) is 0.860. The molecule has 0 bridgehead atoms. The van der Waals surface area contributed by atoms with Gasteiger partial charge in [-0.2, -0.15) is 13.5 Å². The molecule has 0 amide bonds. The SMILES string of the molecule is CC(=O)C(CC(C)C)NS.S.[HH]. The highest BCUT2D eigenvalue weighted by molar-refractivity contribution is 7.78. The number of hydrogen-bond donors (Lipinski definition) is 2. The largest absolute Gasteiger partial charge is 0.298 e. The van der Waals surface area contributed by atoms with Gasteiger partial charge in [0.15, 0.2) is 0 Å². The van der Waals surface area contributed by atoms with Crippen LogP contribution in [0.15, 0.2) is 0 Å². The van der Waals surface area contributed by atoms with E-state index in [0.29, 0.717) is 5.92 Å². The summed E-state index contributed by atoms with van der Waals surface area (Å²) in [5.74, 6) is 0.692. The average Bonchev–Trinajstić information content (AvgIpc) is 1.81. The molecule has 0 fully saturated rings. The maximum atomic E-state index is 10.8. The van der Waals surface area contributed by atoms with E-state index in [-0.39, 0.29) is 26.7 Å². The van der Waals surface area contributed by atoms with Crippen molar-refractivity contribution in [2.45, 2.75) is 33.2 Å². The molecule has 70 valence electrons. The molecule has 0 aliphatic carbocycles. The van der Waals surface area contributed by atoms with Crippen LogP contribution in [0.25, 0.3) is 0 Å². The zero-order valence-corrected chi connectivity index (χ0v) is 9.11. The fraction of sp³-hybridized carbons (Fsp3) is 0.857. The number of nitrogens with one attached hydrogen (secondary N) is 1. The molecule has 0 aromatic rings. The first-order valence-corrected chi connectivity index (χ1v) is 3.92. The lowest BCUT2D eigenvalue weighted by molar-refractivity contribution is -0.118. The van der Waals surface area contributed by atoms with Gasteiger partial charge in [-0.05, 0) is 19.3 Å². The Balaban J connectivity index is -0.000000405. The first-order chi connectivity index (χ1) is 4.57. The third kappa shape index (κ3) is 6.72. The lowest BCUT2D eigenvalue weighted by atomic mass is 10.0. The van der Waals surface area contributed by atoms with Crippen molar-refractivity contribution in [1.82, 2.24) is 4.72 Å². The molecule has 4 heteroatoms. The fourth-order valence-electron chi connectivity index (χ4n) is 0.781. The number of rotatable bonds is 4. The van der Waals surface area contributed by atoms with Gasteiger partial charge in [-0.15, -0.1) is 0 Å². The van der Waals surface area contributed by atoms with E-state index in [2.05, 4.69) is 31.4 Å². The molecule has 0 aliphatic rings. The summed E-state index contributed by atoms with van der Waals surface area (Å²) in [6.45, 7) is 5.75. The fourth-order valence-corrected chi connectivity index (χ4v) is 1.07. The van der Waals surface area contributed by atoms with Crippen LogP contribution in [0.1, 0.15) is 28.6 Å². The minimum absolute atomic E-state index is 0. The Morgan fingerprint density at radius 2 is 2.09 bits per heavy atom. The van der Waals surface area contributed by atoms with E-state index in [0.717, 1.165) is 6.42 Å². The minimum atomic E-state index is -0.0802. The van der Waals surface area contributed by atoms with Crippen molar-refractivity contribution in [3.05, 3.63) is 0 Å². The predicted octanol–water partition coefficient (Wildman–Crippen LogP) is 1.78. The van der Waals surface area contributed by atoms with Crippen molar-refractivity contribution in [2.24, 2.45) is 5.92 Å². The molecule has 1 atom stereocenters. The van der Waals surface area contributed by atoms with Gasteiger partial charge >= 0.3 is 0 Å². The van der Waals surface area contributed by atoms with Gasteiger partial charge in [0.25, 0.3) is 0 Å². The van der Waals surface area contributed by atoms with E-state index in [1.807, 2.05) is 0 Å². The van der Waals surface area contributed by atoms with Gasteiger partial charge in [0, 0.05) is 1.43 Å². The Labute approximate surface area is 82.6 Å². The molecule has 2 nitrogen and oxygen atoms in total. The second kappa shape index (κ2) is 7.00. The molecule has 0 aromatic heterocycles. The highest BCUT2D eigenvalue weighted by atomic mass is 32.1. The molecule has 0 rings (SSSR count). The van der Waals surface area contributed by atoms with Gasteiger partial charge < -0.3 is 0 Å². The quantitative estimate of drug-likeness (QED) is 0.673. The van der Waals surface area contributed by atoms with Crippen LogP contribution < -0.4 is 4.72 Å². The monoisotopic (exact) mass is 197 g/mol. The first-order valence-electron chi connectivity index (χ1n) is 3.48. The normalized spacial score (nSPS) is 12.5. The Hall–Kier alpha value is 0.330. The highest BCUT2D eigenvalue weighted by Crippen LogP contribution is 2.05. The lowest BCUT2D eigenvalue weighted by Crippen LogP contribution is -2.30. The summed E-state index contributed by atoms with van der Waals surface area (Å²) in [7, 11) is 0. The van der Waals surface area contributed by atoms with Gasteiger partial charge in [-0.1, -0.05) is 26.7 Å². The molecule has 0 aliphatic heterocycles. The summed E-state index contributed by atoms with van der Waals surface area (Å²) in [5.41, 5.74) is 0. The maximum absolute atomic E-state index is 10.8. The lowest BCUT2D eigenvalue weighted by Gasteiger charge is -2.13. The second-order valence-corrected chi connectivity index (χ2v) is 3.18. The van der Waals surface area contributed by atoms with Gasteiger partial charge in [-0.3, -0.25) is 9.52 Å². The number of carbonyl (C=O) groups is 1. The van der Waals surface area contributed by atoms with E-state index in [1.165, 1.54) is 0 Å². The topological polar surface area (TPSA) is 29.1 Å². The van der Waals surface area contributed by atoms with Gasteiger partial charge in [0.05, 0.1) is 6.04 Å². The summed E-state index contributed by atoms with van der Waals surface area (Å²) in [6, 6.07) is -0.0802. The minimum Gasteiger partial charge on any atom is -0.298 e. The van der Waals surface area contributed by atoms with E-state index in [4.69, 9.17) is 0 Å². The molecular formula is C7H19NOS2. The summed E-state index contributed by atoms with van der Waals surface area (Å²) in [4.78, 5) is 10.8. The van der Waals surface area contributed by atoms with Crippen molar-refractivity contribution in [2.75, 3.05) is 0 Å². The number of hydrogen-bond acceptors (Lipinski definition) is 3. The Morgan fingerprint density at radius 3 is 2.18 bits per heavy atom. The van der Waals surface area contributed by atoms with Crippen molar-refractivity contribution in [3.63, 3.8) is 0 Å². The van der Waals surface area contributed by atoms with E-state index < -0.39 is 0 Å². The molecule has 0 spiro atoms. The number of carbonyl (C=O) groups excluding carboxylic acids is 1. The van der Waals surface area contributed by atoms with Crippen molar-refractivity contribution in [3.8, 4) is 0 Å². The molecule has 0 saturated carbocycles. The molecule has 0 radical (unpaired) electrons. The molecule has 0 heterocycles. The van der Waals surface area contributed by atoms with Gasteiger partial charge in [-0.25, -0.2) is 0 Å². The van der Waals surface area contributed by atoms with Crippen LogP contribution in [0.3, 0.4) is 0 Å². The molecular weight excluding hydrogens is 178 g/mol. The van der Waals surface area contributed by atoms with Crippen molar-refractivity contribution >= 4 is 32.1 Å². The summed E-state index contributed by atoms with van der Waals surface area (Å²) < 4.78 is 2.68. The van der Waals surface area contributed by atoms with Crippen LogP contribution >= 0.6 is 26.3 Å². The Kier molecular flexibility index (Phi) is 8.84. The molecule has 0 aromatic carbocycles. The van der Waals surface area contributed by atoms with Crippen molar-refractivity contribution in [1.29, 1.82) is 0 Å². The summed E-state index contributed by atoms with van der Waals surface area (Å²) >= 11 is 3.86. The van der Waals surface area contributed by atoms with Crippen LogP contribution in [0.2, 0.25) is 0 Å². The number of thiol groups is 1. The molecule has 1 N–H and O–H groups in total. The second-order valence-electron chi connectivity index (χ2n) is 2.92. The number of Topliss-reactive ketones (excluding diaryl/α,β-unsaturated/α-hetero) is 1. The standard InChI is InChI=1S/C7H15NOS.H2S.H2/c1-5(2)4-7(8-10)6(3)9;;/h5,7-8,10H,4H2,1-3H3;1H2;1H. The third-order valence-electron chi connectivity index (χ3n) is 1.35. The number of ketones is 1. The molecule has 0 saturated heterocycles. The highest BCUT2D eigenvalue weighted by Gasteiger charge is 2.12. The first kappa shape index (κ1) is 13.9. The zero-order valence-electron chi connectivity index (χ0n) is 7.22. The molecule has 1 unspecified atom stereocenters. The maximum Gasteiger partial charge on any atom is 0.147 e. The van der Waals surface area contributed by atoms with E-state index in [1.54, 1.807) is 6.92 Å².